The first-order chi connectivity index (χ1) is 18.0. The predicted molar refractivity (Wildman–Crippen MR) is 154 cm³/mol. The fourth-order valence-electron chi connectivity index (χ4n) is 3.66. The fourth-order valence-corrected chi connectivity index (χ4v) is 4.43. The summed E-state index contributed by atoms with van der Waals surface area (Å²) in [4.78, 5) is 25.2. The molecule has 0 unspecified atom stereocenters. The van der Waals surface area contributed by atoms with Crippen molar-refractivity contribution in [1.29, 1.82) is 0 Å². The Bertz CT molecular complexity index is 1200. The molecular weight excluding hydrogens is 500 g/mol. The number of thiol groups is 2. The number of hydrogen-bond acceptors (Lipinski definition) is 6. The van der Waals surface area contributed by atoms with Crippen LogP contribution in [0.5, 0.6) is 11.5 Å². The van der Waals surface area contributed by atoms with Crippen LogP contribution in [-0.4, -0.2) is 36.3 Å². The minimum atomic E-state index is -0.441. The van der Waals surface area contributed by atoms with Crippen LogP contribution in [0.25, 0.3) is 0 Å². The number of benzene rings is 4. The molecule has 0 aliphatic carbocycles. The van der Waals surface area contributed by atoms with E-state index in [1.165, 1.54) is 0 Å². The summed E-state index contributed by atoms with van der Waals surface area (Å²) < 4.78 is 12.1. The molecule has 0 N–H and O–H groups in total. The lowest BCUT2D eigenvalue weighted by Gasteiger charge is -2.30. The predicted octanol–water partition coefficient (Wildman–Crippen LogP) is 6.45. The molecule has 0 saturated carbocycles. The van der Waals surface area contributed by atoms with Crippen LogP contribution in [0.4, 0.5) is 0 Å². The Hall–Kier alpha value is -3.48. The second-order valence-corrected chi connectivity index (χ2v) is 9.47. The monoisotopic (exact) mass is 528 g/mol. The topological polar surface area (TPSA) is 52.6 Å². The van der Waals surface area contributed by atoms with Crippen molar-refractivity contribution < 1.29 is 19.1 Å². The summed E-state index contributed by atoms with van der Waals surface area (Å²) in [7, 11) is 0. The molecule has 0 aliphatic heterocycles. The van der Waals surface area contributed by atoms with Gasteiger partial charge in [-0.3, -0.25) is 9.59 Å². The smallest absolute Gasteiger partial charge is 0.193 e. The van der Waals surface area contributed by atoms with Crippen molar-refractivity contribution in [2.45, 2.75) is 0 Å². The number of ketones is 2. The molecule has 4 aromatic carbocycles. The van der Waals surface area contributed by atoms with Crippen molar-refractivity contribution in [1.82, 2.24) is 0 Å². The van der Waals surface area contributed by atoms with Gasteiger partial charge in [0.2, 0.25) is 0 Å². The quantitative estimate of drug-likeness (QED) is 0.164. The van der Waals surface area contributed by atoms with Crippen LogP contribution in [0.1, 0.15) is 31.8 Å². The van der Waals surface area contributed by atoms with Gasteiger partial charge in [0.15, 0.2) is 11.6 Å². The molecule has 0 atom stereocenters. The Kier molecular flexibility index (Phi) is 9.09. The minimum Gasteiger partial charge on any atom is -0.493 e. The van der Waals surface area contributed by atoms with E-state index < -0.39 is 5.41 Å². The number of rotatable bonds is 12. The van der Waals surface area contributed by atoms with E-state index in [4.69, 9.17) is 9.47 Å². The zero-order chi connectivity index (χ0) is 26.1. The van der Waals surface area contributed by atoms with Crippen molar-refractivity contribution in [2.24, 2.45) is 5.41 Å². The highest BCUT2D eigenvalue weighted by Crippen LogP contribution is 2.26. The van der Waals surface area contributed by atoms with Gasteiger partial charge < -0.3 is 9.47 Å². The molecule has 4 aromatic rings. The van der Waals surface area contributed by atoms with E-state index in [0.29, 0.717) is 58.5 Å². The van der Waals surface area contributed by atoms with Gasteiger partial charge in [0.05, 0.1) is 18.6 Å². The van der Waals surface area contributed by atoms with E-state index in [2.05, 4.69) is 25.3 Å². The zero-order valence-corrected chi connectivity index (χ0v) is 22.0. The molecule has 0 radical (unpaired) electrons. The molecule has 6 heteroatoms. The second-order valence-electron chi connectivity index (χ2n) is 8.83. The Morgan fingerprint density at radius 3 is 1.16 bits per heavy atom. The molecule has 188 valence electrons. The fraction of sp³-hybridized carbons (Fsp3) is 0.161. The third kappa shape index (κ3) is 6.85. The molecule has 0 spiro atoms. The van der Waals surface area contributed by atoms with E-state index in [9.17, 15) is 9.59 Å². The van der Waals surface area contributed by atoms with Gasteiger partial charge in [0, 0.05) is 33.8 Å². The first-order valence-electron chi connectivity index (χ1n) is 11.9. The molecule has 4 nitrogen and oxygen atoms in total. The van der Waals surface area contributed by atoms with E-state index >= 15 is 0 Å². The maximum atomic E-state index is 12.6. The molecule has 37 heavy (non-hydrogen) atoms. The summed E-state index contributed by atoms with van der Waals surface area (Å²) in [5.74, 6) is 2.26. The van der Waals surface area contributed by atoms with E-state index in [-0.39, 0.29) is 11.6 Å². The van der Waals surface area contributed by atoms with Crippen molar-refractivity contribution in [3.05, 3.63) is 131 Å². The Morgan fingerprint density at radius 1 is 0.514 bits per heavy atom. The highest BCUT2D eigenvalue weighted by atomic mass is 32.1. The van der Waals surface area contributed by atoms with Crippen LogP contribution in [0.15, 0.2) is 109 Å². The molecule has 0 bridgehead atoms. The lowest BCUT2D eigenvalue weighted by atomic mass is 9.95. The summed E-state index contributed by atoms with van der Waals surface area (Å²) in [6, 6.07) is 32.6. The summed E-state index contributed by atoms with van der Waals surface area (Å²) >= 11 is 9.09. The zero-order valence-electron chi connectivity index (χ0n) is 20.2. The summed E-state index contributed by atoms with van der Waals surface area (Å²) in [5.41, 5.74) is 2.06. The maximum absolute atomic E-state index is 12.6. The molecule has 0 fully saturated rings. The molecule has 0 heterocycles. The number of ether oxygens (including phenoxy) is 2. The number of hydrogen-bond donors (Lipinski definition) is 2. The average Bonchev–Trinajstić information content (AvgIpc) is 2.98. The Morgan fingerprint density at radius 2 is 0.838 bits per heavy atom. The number of carbonyl (C=O) groups is 2. The van der Waals surface area contributed by atoms with Crippen LogP contribution in [0.2, 0.25) is 0 Å². The Labute approximate surface area is 228 Å². The summed E-state index contributed by atoms with van der Waals surface area (Å²) in [6.07, 6.45) is 0. The standard InChI is InChI=1S/C31H28O4S2/c32-29(23-7-3-1-4-8-23)25-11-15-27(16-12-25)34-19-31(21-36,22-37)20-35-28-17-13-26(14-18-28)30(33)24-9-5-2-6-10-24/h1-18,36-37H,19-22H2. The lowest BCUT2D eigenvalue weighted by molar-refractivity contribution is 0.103. The first kappa shape index (κ1) is 26.6. The van der Waals surface area contributed by atoms with Crippen LogP contribution < -0.4 is 9.47 Å². The molecule has 0 saturated heterocycles. The minimum absolute atomic E-state index is 0.0305. The van der Waals surface area contributed by atoms with E-state index in [0.717, 1.165) is 0 Å². The highest BCUT2D eigenvalue weighted by Gasteiger charge is 2.30. The van der Waals surface area contributed by atoms with Crippen molar-refractivity contribution in [3.8, 4) is 11.5 Å². The SMILES string of the molecule is O=C(c1ccccc1)c1ccc(OCC(CS)(CS)COc2ccc(C(=O)c3ccccc3)cc2)cc1. The second kappa shape index (κ2) is 12.7. The summed E-state index contributed by atoms with van der Waals surface area (Å²) in [6.45, 7) is 0.688. The van der Waals surface area contributed by atoms with Crippen LogP contribution in [0.3, 0.4) is 0 Å². The molecule has 4 rings (SSSR count). The van der Waals surface area contributed by atoms with Crippen LogP contribution >= 0.6 is 25.3 Å². The normalized spacial score (nSPS) is 11.1. The van der Waals surface area contributed by atoms with E-state index in [1.807, 2.05) is 36.4 Å². The Balaban J connectivity index is 1.35. The molecule has 0 aliphatic rings. The third-order valence-electron chi connectivity index (χ3n) is 6.07. The number of carbonyl (C=O) groups excluding carboxylic acids is 2. The van der Waals surface area contributed by atoms with Gasteiger partial charge in [-0.2, -0.15) is 25.3 Å². The lowest BCUT2D eigenvalue weighted by Crippen LogP contribution is -2.38. The van der Waals surface area contributed by atoms with Gasteiger partial charge in [0.25, 0.3) is 0 Å². The molecule has 0 aromatic heterocycles. The van der Waals surface area contributed by atoms with Gasteiger partial charge in [-0.25, -0.2) is 0 Å². The third-order valence-corrected chi connectivity index (χ3v) is 7.41. The van der Waals surface area contributed by atoms with Gasteiger partial charge in [0.1, 0.15) is 11.5 Å². The van der Waals surface area contributed by atoms with Crippen LogP contribution in [-0.2, 0) is 0 Å². The van der Waals surface area contributed by atoms with Crippen molar-refractivity contribution >= 4 is 36.8 Å². The van der Waals surface area contributed by atoms with Gasteiger partial charge in [-0.15, -0.1) is 0 Å². The van der Waals surface area contributed by atoms with Gasteiger partial charge in [-0.05, 0) is 48.5 Å². The largest absolute Gasteiger partial charge is 0.493 e. The van der Waals surface area contributed by atoms with Crippen molar-refractivity contribution in [2.75, 3.05) is 24.7 Å². The maximum Gasteiger partial charge on any atom is 0.193 e. The van der Waals surface area contributed by atoms with Crippen molar-refractivity contribution in [3.63, 3.8) is 0 Å². The molecular formula is C31H28O4S2. The summed E-state index contributed by atoms with van der Waals surface area (Å²) in [5, 5.41) is 0. The highest BCUT2D eigenvalue weighted by molar-refractivity contribution is 7.81. The van der Waals surface area contributed by atoms with E-state index in [1.54, 1.807) is 72.8 Å². The first-order valence-corrected chi connectivity index (χ1v) is 13.2. The average molecular weight is 529 g/mol. The van der Waals surface area contributed by atoms with Gasteiger partial charge >= 0.3 is 0 Å². The molecule has 0 amide bonds. The van der Waals surface area contributed by atoms with Crippen LogP contribution in [0, 0.1) is 5.41 Å². The van der Waals surface area contributed by atoms with Gasteiger partial charge in [-0.1, -0.05) is 60.7 Å².